The van der Waals surface area contributed by atoms with Crippen LogP contribution in [0.5, 0.6) is 0 Å². The quantitative estimate of drug-likeness (QED) is 0.576. The molecule has 15 heavy (non-hydrogen) atoms. The standard InChI is InChI=1S/C9H15N3O2S/c1-9(10,7(13)14-2)3-6-15-8-11-4-5-12-8/h4-5H,3,6,10H2,1-2H3,(H,11,12). The van der Waals surface area contributed by atoms with Crippen LogP contribution in [0.25, 0.3) is 0 Å². The molecule has 0 bridgehead atoms. The summed E-state index contributed by atoms with van der Waals surface area (Å²) in [5.74, 6) is 0.331. The Balaban J connectivity index is 2.33. The molecule has 0 fully saturated rings. The van der Waals surface area contributed by atoms with Gasteiger partial charge in [0.25, 0.3) is 0 Å². The van der Waals surface area contributed by atoms with Crippen LogP contribution in [0.15, 0.2) is 17.6 Å². The predicted octanol–water partition coefficient (Wildman–Crippen LogP) is 0.782. The van der Waals surface area contributed by atoms with Crippen molar-refractivity contribution in [2.45, 2.75) is 24.0 Å². The maximum Gasteiger partial charge on any atom is 0.325 e. The maximum absolute atomic E-state index is 11.2. The largest absolute Gasteiger partial charge is 0.468 e. The van der Waals surface area contributed by atoms with Gasteiger partial charge in [-0.2, -0.15) is 0 Å². The molecule has 6 heteroatoms. The average Bonchev–Trinajstić information content (AvgIpc) is 2.69. The number of carbonyl (C=O) groups is 1. The number of aromatic amines is 1. The van der Waals surface area contributed by atoms with Crippen molar-refractivity contribution in [1.82, 2.24) is 9.97 Å². The zero-order valence-electron chi connectivity index (χ0n) is 8.82. The highest BCUT2D eigenvalue weighted by molar-refractivity contribution is 7.99. The molecule has 0 aromatic carbocycles. The highest BCUT2D eigenvalue weighted by atomic mass is 32.2. The van der Waals surface area contributed by atoms with Gasteiger partial charge in [0.05, 0.1) is 7.11 Å². The van der Waals surface area contributed by atoms with Crippen molar-refractivity contribution >= 4 is 17.7 Å². The molecule has 5 nitrogen and oxygen atoms in total. The van der Waals surface area contributed by atoms with E-state index in [1.807, 2.05) is 0 Å². The number of nitrogens with zero attached hydrogens (tertiary/aromatic N) is 1. The van der Waals surface area contributed by atoms with Gasteiger partial charge in [-0.15, -0.1) is 0 Å². The molecular formula is C9H15N3O2S. The van der Waals surface area contributed by atoms with Crippen molar-refractivity contribution in [1.29, 1.82) is 0 Å². The Hall–Kier alpha value is -1.01. The average molecular weight is 229 g/mol. The van der Waals surface area contributed by atoms with E-state index in [9.17, 15) is 4.79 Å². The SMILES string of the molecule is COC(=O)C(C)(N)CCSc1ncc[nH]1. The molecule has 1 rings (SSSR count). The van der Waals surface area contributed by atoms with E-state index in [-0.39, 0.29) is 5.97 Å². The maximum atomic E-state index is 11.2. The lowest BCUT2D eigenvalue weighted by atomic mass is 10.0. The van der Waals surface area contributed by atoms with Crippen LogP contribution >= 0.6 is 11.8 Å². The van der Waals surface area contributed by atoms with Gasteiger partial charge in [0.2, 0.25) is 0 Å². The van der Waals surface area contributed by atoms with E-state index < -0.39 is 5.54 Å². The fraction of sp³-hybridized carbons (Fsp3) is 0.556. The molecule has 0 aliphatic carbocycles. The highest BCUT2D eigenvalue weighted by Crippen LogP contribution is 2.17. The third-order valence-electron chi connectivity index (χ3n) is 1.99. The first kappa shape index (κ1) is 12.1. The van der Waals surface area contributed by atoms with E-state index in [2.05, 4.69) is 14.7 Å². The van der Waals surface area contributed by atoms with Crippen molar-refractivity contribution in [3.05, 3.63) is 12.4 Å². The number of nitrogens with two attached hydrogens (primary N) is 1. The number of aromatic nitrogens is 2. The number of H-pyrrole nitrogens is 1. The van der Waals surface area contributed by atoms with Crippen LogP contribution in [0.1, 0.15) is 13.3 Å². The van der Waals surface area contributed by atoms with Crippen molar-refractivity contribution in [3.63, 3.8) is 0 Å². The molecule has 1 aromatic heterocycles. The first-order valence-corrected chi connectivity index (χ1v) is 5.54. The molecule has 1 aromatic rings. The number of hydrogen-bond donors (Lipinski definition) is 2. The minimum absolute atomic E-state index is 0.387. The van der Waals surface area contributed by atoms with Crippen LogP contribution in [0, 0.1) is 0 Å². The fourth-order valence-corrected chi connectivity index (χ4v) is 2.03. The molecule has 0 aliphatic heterocycles. The summed E-state index contributed by atoms with van der Waals surface area (Å²) in [6.07, 6.45) is 3.99. The van der Waals surface area contributed by atoms with Crippen molar-refractivity contribution in [2.24, 2.45) is 5.73 Å². The van der Waals surface area contributed by atoms with Gasteiger partial charge in [-0.3, -0.25) is 4.79 Å². The van der Waals surface area contributed by atoms with Gasteiger partial charge < -0.3 is 15.5 Å². The third kappa shape index (κ3) is 3.56. The number of thioether (sulfide) groups is 1. The van der Waals surface area contributed by atoms with Crippen LogP contribution in [0.2, 0.25) is 0 Å². The van der Waals surface area contributed by atoms with E-state index in [0.29, 0.717) is 6.42 Å². The Morgan fingerprint density at radius 2 is 2.53 bits per heavy atom. The van der Waals surface area contributed by atoms with Gasteiger partial charge in [-0.25, -0.2) is 4.98 Å². The van der Waals surface area contributed by atoms with Crippen LogP contribution in [0.4, 0.5) is 0 Å². The van der Waals surface area contributed by atoms with Crippen LogP contribution < -0.4 is 5.73 Å². The van der Waals surface area contributed by atoms with Crippen molar-refractivity contribution < 1.29 is 9.53 Å². The summed E-state index contributed by atoms with van der Waals surface area (Å²) in [5.41, 5.74) is 4.87. The lowest BCUT2D eigenvalue weighted by molar-refractivity contribution is -0.146. The Morgan fingerprint density at radius 1 is 1.80 bits per heavy atom. The molecule has 84 valence electrons. The second-order valence-electron chi connectivity index (χ2n) is 3.40. The second kappa shape index (κ2) is 5.18. The summed E-state index contributed by atoms with van der Waals surface area (Å²) in [5, 5.41) is 0.829. The first-order valence-electron chi connectivity index (χ1n) is 4.56. The lowest BCUT2D eigenvalue weighted by Crippen LogP contribution is -2.46. The normalized spacial score (nSPS) is 14.6. The minimum atomic E-state index is -0.922. The number of carbonyl (C=O) groups excluding carboxylic acids is 1. The number of hydrogen-bond acceptors (Lipinski definition) is 5. The first-order chi connectivity index (χ1) is 7.06. The smallest absolute Gasteiger partial charge is 0.325 e. The van der Waals surface area contributed by atoms with Crippen LogP contribution in [0.3, 0.4) is 0 Å². The Labute approximate surface area is 92.8 Å². The Bertz CT molecular complexity index is 311. The topological polar surface area (TPSA) is 81.0 Å². The summed E-state index contributed by atoms with van der Waals surface area (Å²) < 4.78 is 4.61. The Kier molecular flexibility index (Phi) is 4.16. The highest BCUT2D eigenvalue weighted by Gasteiger charge is 2.28. The molecule has 0 amide bonds. The molecule has 1 atom stereocenters. The Morgan fingerprint density at radius 3 is 3.07 bits per heavy atom. The van der Waals surface area contributed by atoms with E-state index >= 15 is 0 Å². The van der Waals surface area contributed by atoms with Crippen molar-refractivity contribution in [2.75, 3.05) is 12.9 Å². The second-order valence-corrected chi connectivity index (χ2v) is 4.49. The van der Waals surface area contributed by atoms with Gasteiger partial charge in [0, 0.05) is 18.1 Å². The molecule has 1 heterocycles. The summed E-state index contributed by atoms with van der Waals surface area (Å²) in [6.45, 7) is 1.67. The van der Waals surface area contributed by atoms with E-state index in [0.717, 1.165) is 10.9 Å². The number of rotatable bonds is 5. The molecule has 0 aliphatic rings. The van der Waals surface area contributed by atoms with Crippen molar-refractivity contribution in [3.8, 4) is 0 Å². The third-order valence-corrected chi connectivity index (χ3v) is 2.89. The van der Waals surface area contributed by atoms with Gasteiger partial charge in [-0.05, 0) is 13.3 Å². The number of nitrogens with one attached hydrogen (secondary N) is 1. The number of ether oxygens (including phenoxy) is 1. The zero-order valence-corrected chi connectivity index (χ0v) is 9.63. The minimum Gasteiger partial charge on any atom is -0.468 e. The molecule has 0 radical (unpaired) electrons. The number of imidazole rings is 1. The number of esters is 1. The summed E-state index contributed by atoms with van der Waals surface area (Å²) in [7, 11) is 1.34. The van der Waals surface area contributed by atoms with Gasteiger partial charge in [-0.1, -0.05) is 11.8 Å². The predicted molar refractivity (Wildman–Crippen MR) is 58.5 cm³/mol. The van der Waals surface area contributed by atoms with Crippen LogP contribution in [-0.4, -0.2) is 34.3 Å². The molecule has 0 saturated heterocycles. The molecule has 0 spiro atoms. The molecule has 1 unspecified atom stereocenters. The van der Waals surface area contributed by atoms with Gasteiger partial charge >= 0.3 is 5.97 Å². The molecule has 0 saturated carbocycles. The molecular weight excluding hydrogens is 214 g/mol. The summed E-state index contributed by atoms with van der Waals surface area (Å²) in [6, 6.07) is 0. The number of methoxy groups -OCH3 is 1. The van der Waals surface area contributed by atoms with E-state index in [4.69, 9.17) is 5.73 Å². The van der Waals surface area contributed by atoms with Crippen LogP contribution in [-0.2, 0) is 9.53 Å². The van der Waals surface area contributed by atoms with E-state index in [1.54, 1.807) is 19.3 Å². The fourth-order valence-electron chi connectivity index (χ4n) is 1.02. The molecule has 3 N–H and O–H groups in total. The van der Waals surface area contributed by atoms with E-state index in [1.165, 1.54) is 18.9 Å². The lowest BCUT2D eigenvalue weighted by Gasteiger charge is -2.20. The van der Waals surface area contributed by atoms with Gasteiger partial charge in [0.15, 0.2) is 5.16 Å². The summed E-state index contributed by atoms with van der Waals surface area (Å²) >= 11 is 1.53. The zero-order chi connectivity index (χ0) is 11.3. The monoisotopic (exact) mass is 229 g/mol. The summed E-state index contributed by atoms with van der Waals surface area (Å²) in [4.78, 5) is 18.3. The van der Waals surface area contributed by atoms with Gasteiger partial charge in [0.1, 0.15) is 5.54 Å².